The van der Waals surface area contributed by atoms with Gasteiger partial charge < -0.3 is 15.2 Å². The molecule has 7 heteroatoms. The van der Waals surface area contributed by atoms with Gasteiger partial charge in [-0.1, -0.05) is 11.3 Å². The van der Waals surface area contributed by atoms with E-state index in [0.717, 1.165) is 29.8 Å². The Morgan fingerprint density at radius 2 is 2.50 bits per heavy atom. The summed E-state index contributed by atoms with van der Waals surface area (Å²) in [4.78, 5) is 2.23. The molecule has 0 aliphatic carbocycles. The van der Waals surface area contributed by atoms with Crippen molar-refractivity contribution in [2.45, 2.75) is 12.6 Å². The number of nitrogens with zero attached hydrogens (tertiary/aromatic N) is 3. The molecule has 1 fully saturated rings. The maximum atomic E-state index is 9.03. The first-order chi connectivity index (χ1) is 7.81. The van der Waals surface area contributed by atoms with E-state index in [1.165, 1.54) is 0 Å². The third-order valence-corrected chi connectivity index (χ3v) is 3.39. The van der Waals surface area contributed by atoms with E-state index in [0.29, 0.717) is 6.61 Å². The summed E-state index contributed by atoms with van der Waals surface area (Å²) >= 11 is 1.56. The van der Waals surface area contributed by atoms with E-state index in [9.17, 15) is 0 Å². The molecule has 0 spiro atoms. The smallest absolute Gasteiger partial charge is 0.205 e. The zero-order valence-electron chi connectivity index (χ0n) is 9.22. The van der Waals surface area contributed by atoms with Gasteiger partial charge in [-0.15, -0.1) is 10.2 Å². The monoisotopic (exact) mass is 244 g/mol. The molecule has 1 aliphatic rings. The highest BCUT2D eigenvalue weighted by Gasteiger charge is 2.20. The fourth-order valence-corrected chi connectivity index (χ4v) is 2.38. The Hall–Kier alpha value is -0.760. The molecule has 1 aromatic rings. The van der Waals surface area contributed by atoms with Gasteiger partial charge in [-0.25, -0.2) is 0 Å². The highest BCUT2D eigenvalue weighted by Crippen LogP contribution is 2.17. The van der Waals surface area contributed by atoms with Crippen LogP contribution < -0.4 is 5.32 Å². The van der Waals surface area contributed by atoms with Gasteiger partial charge in [0.2, 0.25) is 5.13 Å². The summed E-state index contributed by atoms with van der Waals surface area (Å²) in [5.74, 6) is 0. The van der Waals surface area contributed by atoms with E-state index in [4.69, 9.17) is 9.84 Å². The molecule has 0 radical (unpaired) electrons. The Morgan fingerprint density at radius 3 is 3.19 bits per heavy atom. The van der Waals surface area contributed by atoms with Crippen LogP contribution in [-0.4, -0.2) is 59.7 Å². The van der Waals surface area contributed by atoms with Gasteiger partial charge in [-0.3, -0.25) is 4.90 Å². The molecule has 1 saturated heterocycles. The summed E-state index contributed by atoms with van der Waals surface area (Å²) < 4.78 is 5.38. The van der Waals surface area contributed by atoms with Crippen LogP contribution in [0.5, 0.6) is 0 Å². The Bertz CT molecular complexity index is 333. The standard InChI is InChI=1S/C9H16N4O2S/c1-10-9-12-11-8(16-9)5-13-2-3-15-7(4-13)6-14/h7,14H,2-6H2,1H3,(H,10,12). The van der Waals surface area contributed by atoms with E-state index in [2.05, 4.69) is 20.4 Å². The van der Waals surface area contributed by atoms with Crippen molar-refractivity contribution in [2.75, 3.05) is 38.7 Å². The molecule has 0 saturated carbocycles. The molecule has 2 heterocycles. The molecule has 16 heavy (non-hydrogen) atoms. The zero-order chi connectivity index (χ0) is 11.4. The largest absolute Gasteiger partial charge is 0.394 e. The maximum Gasteiger partial charge on any atom is 0.205 e. The molecular weight excluding hydrogens is 228 g/mol. The Balaban J connectivity index is 1.88. The van der Waals surface area contributed by atoms with Crippen LogP contribution in [0, 0.1) is 0 Å². The van der Waals surface area contributed by atoms with E-state index in [1.807, 2.05) is 7.05 Å². The van der Waals surface area contributed by atoms with Crippen LogP contribution in [-0.2, 0) is 11.3 Å². The van der Waals surface area contributed by atoms with Crippen molar-refractivity contribution in [3.63, 3.8) is 0 Å². The van der Waals surface area contributed by atoms with E-state index >= 15 is 0 Å². The third-order valence-electron chi connectivity index (χ3n) is 2.47. The van der Waals surface area contributed by atoms with Gasteiger partial charge in [0.1, 0.15) is 5.01 Å². The van der Waals surface area contributed by atoms with Crippen LogP contribution in [0.1, 0.15) is 5.01 Å². The molecule has 90 valence electrons. The zero-order valence-corrected chi connectivity index (χ0v) is 10.0. The number of nitrogens with one attached hydrogen (secondary N) is 1. The lowest BCUT2D eigenvalue weighted by atomic mass is 10.3. The number of aromatic nitrogens is 2. The maximum absolute atomic E-state index is 9.03. The van der Waals surface area contributed by atoms with Crippen LogP contribution in [0.2, 0.25) is 0 Å². The van der Waals surface area contributed by atoms with Crippen LogP contribution in [0.15, 0.2) is 0 Å². The molecule has 2 N–H and O–H groups in total. The number of ether oxygens (including phenoxy) is 1. The molecule has 1 unspecified atom stereocenters. The van der Waals surface area contributed by atoms with Crippen LogP contribution >= 0.6 is 11.3 Å². The number of hydrogen-bond acceptors (Lipinski definition) is 7. The number of aliphatic hydroxyl groups is 1. The number of morpholine rings is 1. The summed E-state index contributed by atoms with van der Waals surface area (Å²) in [5.41, 5.74) is 0. The molecular formula is C9H16N4O2S. The average molecular weight is 244 g/mol. The molecule has 1 aromatic heterocycles. The molecule has 2 rings (SSSR count). The molecule has 0 aromatic carbocycles. The predicted octanol–water partition coefficient (Wildman–Crippen LogP) is -0.227. The van der Waals surface area contributed by atoms with Gasteiger partial charge in [0, 0.05) is 20.1 Å². The van der Waals surface area contributed by atoms with Crippen LogP contribution in [0.3, 0.4) is 0 Å². The quantitative estimate of drug-likeness (QED) is 0.762. The van der Waals surface area contributed by atoms with Gasteiger partial charge in [-0.2, -0.15) is 0 Å². The minimum Gasteiger partial charge on any atom is -0.394 e. The fourth-order valence-electron chi connectivity index (χ4n) is 1.64. The van der Waals surface area contributed by atoms with Crippen molar-refractivity contribution in [3.8, 4) is 0 Å². The molecule has 1 aliphatic heterocycles. The highest BCUT2D eigenvalue weighted by atomic mass is 32.1. The van der Waals surface area contributed by atoms with Crippen LogP contribution in [0.25, 0.3) is 0 Å². The van der Waals surface area contributed by atoms with E-state index in [1.54, 1.807) is 11.3 Å². The molecule has 0 bridgehead atoms. The topological polar surface area (TPSA) is 70.5 Å². The molecule has 0 amide bonds. The summed E-state index contributed by atoms with van der Waals surface area (Å²) in [6.45, 7) is 3.16. The van der Waals surface area contributed by atoms with Crippen molar-refractivity contribution in [3.05, 3.63) is 5.01 Å². The molecule has 1 atom stereocenters. The Morgan fingerprint density at radius 1 is 1.62 bits per heavy atom. The highest BCUT2D eigenvalue weighted by molar-refractivity contribution is 7.15. The van der Waals surface area contributed by atoms with Crippen molar-refractivity contribution < 1.29 is 9.84 Å². The Kier molecular flexibility index (Phi) is 4.05. The fraction of sp³-hybridized carbons (Fsp3) is 0.778. The van der Waals surface area contributed by atoms with Gasteiger partial charge in [0.25, 0.3) is 0 Å². The number of hydrogen-bond donors (Lipinski definition) is 2. The average Bonchev–Trinajstić information content (AvgIpc) is 2.77. The second-order valence-electron chi connectivity index (χ2n) is 3.66. The summed E-state index contributed by atoms with van der Waals surface area (Å²) in [6.07, 6.45) is -0.0644. The minimum atomic E-state index is -0.0644. The second-order valence-corrected chi connectivity index (χ2v) is 4.72. The number of rotatable bonds is 4. The van der Waals surface area contributed by atoms with Gasteiger partial charge in [0.05, 0.1) is 25.9 Å². The first kappa shape index (κ1) is 11.7. The van der Waals surface area contributed by atoms with Crippen molar-refractivity contribution in [1.29, 1.82) is 0 Å². The summed E-state index contributed by atoms with van der Waals surface area (Å²) in [5, 5.41) is 21.9. The normalized spacial score (nSPS) is 22.2. The summed E-state index contributed by atoms with van der Waals surface area (Å²) in [6, 6.07) is 0. The number of anilines is 1. The lowest BCUT2D eigenvalue weighted by Crippen LogP contribution is -2.43. The SMILES string of the molecule is CNc1nnc(CN2CCOC(CO)C2)s1. The van der Waals surface area contributed by atoms with Crippen LogP contribution in [0.4, 0.5) is 5.13 Å². The van der Waals surface area contributed by atoms with Crippen molar-refractivity contribution >= 4 is 16.5 Å². The van der Waals surface area contributed by atoms with Gasteiger partial charge in [-0.05, 0) is 0 Å². The first-order valence-electron chi connectivity index (χ1n) is 5.26. The van der Waals surface area contributed by atoms with Crippen molar-refractivity contribution in [2.24, 2.45) is 0 Å². The number of aliphatic hydroxyl groups excluding tert-OH is 1. The third kappa shape index (κ3) is 2.88. The van der Waals surface area contributed by atoms with E-state index < -0.39 is 0 Å². The lowest BCUT2D eigenvalue weighted by molar-refractivity contribution is -0.0551. The van der Waals surface area contributed by atoms with Gasteiger partial charge in [0.15, 0.2) is 0 Å². The first-order valence-corrected chi connectivity index (χ1v) is 6.08. The van der Waals surface area contributed by atoms with Crippen molar-refractivity contribution in [1.82, 2.24) is 15.1 Å². The van der Waals surface area contributed by atoms with Gasteiger partial charge >= 0.3 is 0 Å². The Labute approximate surface area is 98.2 Å². The van der Waals surface area contributed by atoms with E-state index in [-0.39, 0.29) is 12.7 Å². The summed E-state index contributed by atoms with van der Waals surface area (Å²) in [7, 11) is 1.83. The molecule has 6 nitrogen and oxygen atoms in total. The lowest BCUT2D eigenvalue weighted by Gasteiger charge is -2.31. The predicted molar refractivity (Wildman–Crippen MR) is 61.6 cm³/mol. The second kappa shape index (κ2) is 5.53. The minimum absolute atomic E-state index is 0.0644.